The van der Waals surface area contributed by atoms with Crippen LogP contribution < -0.4 is 15.5 Å². The summed E-state index contributed by atoms with van der Waals surface area (Å²) < 4.78 is 43.3. The molecule has 0 bridgehead atoms. The summed E-state index contributed by atoms with van der Waals surface area (Å²) in [6.45, 7) is 4.84. The Morgan fingerprint density at radius 2 is 1.73 bits per heavy atom. The number of ether oxygens (including phenoxy) is 1. The number of anilines is 3. The summed E-state index contributed by atoms with van der Waals surface area (Å²) in [5.74, 6) is 0.862. The number of hydrogen-bond donors (Lipinski definition) is 2. The molecule has 0 aliphatic carbocycles. The van der Waals surface area contributed by atoms with Crippen LogP contribution in [0.1, 0.15) is 11.3 Å². The second-order valence-electron chi connectivity index (χ2n) is 7.54. The van der Waals surface area contributed by atoms with Crippen molar-refractivity contribution in [3.05, 3.63) is 66.1 Å². The molecular formula is C23H22F3N5O2. The van der Waals surface area contributed by atoms with Gasteiger partial charge in [-0.25, -0.2) is 14.8 Å². The van der Waals surface area contributed by atoms with Gasteiger partial charge in [-0.2, -0.15) is 13.2 Å². The number of nitrogens with zero attached hydrogens (tertiary/aromatic N) is 3. The third-order valence-electron chi connectivity index (χ3n) is 5.20. The van der Waals surface area contributed by atoms with Crippen LogP contribution in [0.2, 0.25) is 0 Å². The number of benzene rings is 1. The van der Waals surface area contributed by atoms with Gasteiger partial charge in [0.05, 0.1) is 25.1 Å². The van der Waals surface area contributed by atoms with E-state index in [9.17, 15) is 18.0 Å². The molecule has 10 heteroatoms. The fraction of sp³-hybridized carbons (Fsp3) is 0.261. The van der Waals surface area contributed by atoms with Crippen LogP contribution in [0.15, 0.2) is 54.9 Å². The molecule has 4 rings (SSSR count). The molecule has 2 aromatic heterocycles. The van der Waals surface area contributed by atoms with Gasteiger partial charge < -0.3 is 20.3 Å². The molecule has 2 N–H and O–H groups in total. The van der Waals surface area contributed by atoms with Crippen molar-refractivity contribution in [1.82, 2.24) is 9.97 Å². The van der Waals surface area contributed by atoms with Crippen LogP contribution in [-0.2, 0) is 10.9 Å². The maximum absolute atomic E-state index is 12.6. The Kier molecular flexibility index (Phi) is 6.45. The van der Waals surface area contributed by atoms with E-state index in [0.29, 0.717) is 18.9 Å². The number of alkyl halides is 3. The molecule has 3 heterocycles. The average molecular weight is 457 g/mol. The number of morpholine rings is 1. The first-order chi connectivity index (χ1) is 15.8. The lowest BCUT2D eigenvalue weighted by Gasteiger charge is -2.28. The first-order valence-electron chi connectivity index (χ1n) is 10.3. The molecule has 2 amide bonds. The van der Waals surface area contributed by atoms with E-state index >= 15 is 0 Å². The Hall–Kier alpha value is -3.66. The van der Waals surface area contributed by atoms with E-state index in [-0.39, 0.29) is 5.69 Å². The minimum absolute atomic E-state index is 0.150. The minimum atomic E-state index is -4.53. The summed E-state index contributed by atoms with van der Waals surface area (Å²) in [7, 11) is 0. The third-order valence-corrected chi connectivity index (χ3v) is 5.20. The molecule has 1 aromatic carbocycles. The standard InChI is InChI=1S/C23H22F3N5O2/c1-15-2-3-17(29-22(32)30-18-4-5-20(28-14-18)23(24,25)26)13-19(15)16-6-7-27-21(12-16)31-8-10-33-11-9-31/h2-7,12-14H,8-11H2,1H3,(H2,29,30,32). The number of aromatic nitrogens is 2. The molecule has 0 saturated carbocycles. The van der Waals surface area contributed by atoms with Crippen molar-refractivity contribution in [2.45, 2.75) is 13.1 Å². The van der Waals surface area contributed by atoms with E-state index in [1.807, 2.05) is 31.2 Å². The second-order valence-corrected chi connectivity index (χ2v) is 7.54. The zero-order valence-electron chi connectivity index (χ0n) is 17.8. The molecule has 33 heavy (non-hydrogen) atoms. The van der Waals surface area contributed by atoms with Crippen LogP contribution in [0.5, 0.6) is 0 Å². The molecule has 0 spiro atoms. The predicted molar refractivity (Wildman–Crippen MR) is 119 cm³/mol. The highest BCUT2D eigenvalue weighted by Crippen LogP contribution is 2.30. The zero-order valence-corrected chi connectivity index (χ0v) is 17.8. The van der Waals surface area contributed by atoms with Crippen LogP contribution in [0.3, 0.4) is 0 Å². The molecule has 1 aliphatic rings. The SMILES string of the molecule is Cc1ccc(NC(=O)Nc2ccc(C(F)(F)F)nc2)cc1-c1ccnc(N2CCOCC2)c1. The number of rotatable bonds is 4. The summed E-state index contributed by atoms with van der Waals surface area (Å²) in [4.78, 5) is 22.3. The van der Waals surface area contributed by atoms with Gasteiger partial charge in [0.2, 0.25) is 0 Å². The van der Waals surface area contributed by atoms with E-state index < -0.39 is 17.9 Å². The van der Waals surface area contributed by atoms with Gasteiger partial charge >= 0.3 is 12.2 Å². The van der Waals surface area contributed by atoms with E-state index in [0.717, 1.165) is 53.9 Å². The lowest BCUT2D eigenvalue weighted by Crippen LogP contribution is -2.36. The number of carbonyl (C=O) groups excluding carboxylic acids is 1. The number of hydrogen-bond acceptors (Lipinski definition) is 5. The number of aryl methyl sites for hydroxylation is 1. The van der Waals surface area contributed by atoms with Crippen LogP contribution >= 0.6 is 0 Å². The van der Waals surface area contributed by atoms with Crippen molar-refractivity contribution in [1.29, 1.82) is 0 Å². The van der Waals surface area contributed by atoms with Gasteiger partial charge in [-0.1, -0.05) is 6.07 Å². The molecule has 172 valence electrons. The first kappa shape index (κ1) is 22.5. The van der Waals surface area contributed by atoms with Crippen molar-refractivity contribution in [3.8, 4) is 11.1 Å². The van der Waals surface area contributed by atoms with E-state index in [4.69, 9.17) is 4.74 Å². The van der Waals surface area contributed by atoms with Gasteiger partial charge in [0, 0.05) is 25.0 Å². The maximum atomic E-state index is 12.6. The topological polar surface area (TPSA) is 79.4 Å². The number of amides is 2. The fourth-order valence-electron chi connectivity index (χ4n) is 3.49. The van der Waals surface area contributed by atoms with E-state index in [1.54, 1.807) is 12.3 Å². The summed E-state index contributed by atoms with van der Waals surface area (Å²) >= 11 is 0. The third kappa shape index (κ3) is 5.58. The molecule has 0 atom stereocenters. The molecule has 1 saturated heterocycles. The molecule has 3 aromatic rings. The Morgan fingerprint density at radius 1 is 1.00 bits per heavy atom. The highest BCUT2D eigenvalue weighted by Gasteiger charge is 2.32. The number of carbonyl (C=O) groups is 1. The summed E-state index contributed by atoms with van der Waals surface area (Å²) in [5.41, 5.74) is 2.58. The second kappa shape index (κ2) is 9.45. The van der Waals surface area contributed by atoms with Gasteiger partial charge in [-0.15, -0.1) is 0 Å². The van der Waals surface area contributed by atoms with Gasteiger partial charge in [0.15, 0.2) is 0 Å². The molecule has 0 unspecified atom stereocenters. The Morgan fingerprint density at radius 3 is 2.42 bits per heavy atom. The summed E-state index contributed by atoms with van der Waals surface area (Å²) in [6, 6.07) is 10.8. The van der Waals surface area contributed by atoms with Gasteiger partial charge in [-0.05, 0) is 60.0 Å². The zero-order chi connectivity index (χ0) is 23.4. The number of halogens is 3. The average Bonchev–Trinajstić information content (AvgIpc) is 2.81. The Balaban J connectivity index is 1.48. The number of urea groups is 1. The summed E-state index contributed by atoms with van der Waals surface area (Å²) in [5, 5.41) is 5.19. The number of pyridine rings is 2. The highest BCUT2D eigenvalue weighted by atomic mass is 19.4. The number of nitrogens with one attached hydrogen (secondary N) is 2. The van der Waals surface area contributed by atoms with Crippen molar-refractivity contribution < 1.29 is 22.7 Å². The molecule has 1 aliphatic heterocycles. The van der Waals surface area contributed by atoms with Crippen molar-refractivity contribution in [2.75, 3.05) is 41.8 Å². The lowest BCUT2D eigenvalue weighted by molar-refractivity contribution is -0.141. The largest absolute Gasteiger partial charge is 0.433 e. The smallest absolute Gasteiger partial charge is 0.378 e. The normalized spacial score (nSPS) is 14.1. The molecule has 7 nitrogen and oxygen atoms in total. The van der Waals surface area contributed by atoms with E-state index in [2.05, 4.69) is 25.5 Å². The van der Waals surface area contributed by atoms with Crippen LogP contribution in [0, 0.1) is 6.92 Å². The lowest BCUT2D eigenvalue weighted by atomic mass is 10.0. The predicted octanol–water partition coefficient (Wildman–Crippen LogP) is 4.95. The van der Waals surface area contributed by atoms with Crippen LogP contribution in [-0.4, -0.2) is 42.3 Å². The van der Waals surface area contributed by atoms with E-state index in [1.165, 1.54) is 0 Å². The van der Waals surface area contributed by atoms with Crippen molar-refractivity contribution >= 4 is 23.2 Å². The Bertz CT molecular complexity index is 1130. The fourth-order valence-corrected chi connectivity index (χ4v) is 3.49. The minimum Gasteiger partial charge on any atom is -0.378 e. The van der Waals surface area contributed by atoms with Crippen LogP contribution in [0.25, 0.3) is 11.1 Å². The highest BCUT2D eigenvalue weighted by molar-refractivity contribution is 6.00. The first-order valence-corrected chi connectivity index (χ1v) is 10.3. The van der Waals surface area contributed by atoms with Crippen molar-refractivity contribution in [3.63, 3.8) is 0 Å². The molecule has 0 radical (unpaired) electrons. The van der Waals surface area contributed by atoms with Gasteiger partial charge in [0.1, 0.15) is 11.5 Å². The van der Waals surface area contributed by atoms with Gasteiger partial charge in [-0.3, -0.25) is 0 Å². The van der Waals surface area contributed by atoms with Crippen LogP contribution in [0.4, 0.5) is 35.2 Å². The molecule has 1 fully saturated rings. The van der Waals surface area contributed by atoms with Gasteiger partial charge in [0.25, 0.3) is 0 Å². The summed E-state index contributed by atoms with van der Waals surface area (Å²) in [6.07, 6.45) is -1.81. The maximum Gasteiger partial charge on any atom is 0.433 e. The Labute approximate surface area is 188 Å². The monoisotopic (exact) mass is 457 g/mol. The molecular weight excluding hydrogens is 435 g/mol. The quantitative estimate of drug-likeness (QED) is 0.580. The van der Waals surface area contributed by atoms with Crippen molar-refractivity contribution in [2.24, 2.45) is 0 Å².